The molecule has 162 valence electrons. The first-order valence-electron chi connectivity index (χ1n) is 10.1. The molecule has 0 saturated carbocycles. The van der Waals surface area contributed by atoms with Crippen LogP contribution >= 0.6 is 0 Å². The highest BCUT2D eigenvalue weighted by Crippen LogP contribution is 2.26. The van der Waals surface area contributed by atoms with E-state index >= 15 is 0 Å². The number of halogens is 1. The first-order chi connectivity index (χ1) is 14.2. The highest BCUT2D eigenvalue weighted by molar-refractivity contribution is 6.07. The average Bonchev–Trinajstić information content (AvgIpc) is 2.99. The number of hydrogen-bond acceptors (Lipinski definition) is 4. The third kappa shape index (κ3) is 4.30. The highest BCUT2D eigenvalue weighted by atomic mass is 19.1. The molecule has 1 atom stereocenters. The van der Waals surface area contributed by atoms with E-state index in [1.807, 2.05) is 13.8 Å². The van der Waals surface area contributed by atoms with Gasteiger partial charge in [-0.15, -0.1) is 0 Å². The summed E-state index contributed by atoms with van der Waals surface area (Å²) in [5.41, 5.74) is 2.30. The number of esters is 1. The molecule has 0 fully saturated rings. The number of hydrogen-bond donors (Lipinski definition) is 0. The van der Waals surface area contributed by atoms with Gasteiger partial charge in [-0.3, -0.25) is 9.59 Å². The maximum absolute atomic E-state index is 13.5. The van der Waals surface area contributed by atoms with E-state index in [-0.39, 0.29) is 11.7 Å². The van der Waals surface area contributed by atoms with Crippen LogP contribution in [0.5, 0.6) is 0 Å². The molecule has 1 aromatic heterocycles. The van der Waals surface area contributed by atoms with Gasteiger partial charge in [0.25, 0.3) is 5.91 Å². The van der Waals surface area contributed by atoms with Gasteiger partial charge < -0.3 is 14.2 Å². The van der Waals surface area contributed by atoms with Gasteiger partial charge in [-0.05, 0) is 63.9 Å². The van der Waals surface area contributed by atoms with Crippen LogP contribution in [-0.4, -0.2) is 46.8 Å². The second-order valence-corrected chi connectivity index (χ2v) is 7.22. The van der Waals surface area contributed by atoms with Crippen molar-refractivity contribution in [3.8, 4) is 0 Å². The normalized spacial score (nSPS) is 11.8. The zero-order valence-corrected chi connectivity index (χ0v) is 18.4. The molecule has 0 saturated heterocycles. The van der Waals surface area contributed by atoms with Crippen LogP contribution in [0.1, 0.15) is 69.7 Å². The molecule has 2 aromatic rings. The van der Waals surface area contributed by atoms with Crippen molar-refractivity contribution in [3.63, 3.8) is 0 Å². The van der Waals surface area contributed by atoms with Crippen LogP contribution in [0.4, 0.5) is 4.39 Å². The third-order valence-corrected chi connectivity index (χ3v) is 5.37. The summed E-state index contributed by atoms with van der Waals surface area (Å²) in [7, 11) is 1.30. The number of methoxy groups -OCH3 is 1. The number of benzene rings is 1. The molecule has 0 spiro atoms. The van der Waals surface area contributed by atoms with Crippen LogP contribution in [0.25, 0.3) is 0 Å². The summed E-state index contributed by atoms with van der Waals surface area (Å²) in [5, 5.41) is 0. The molecule has 7 heteroatoms. The van der Waals surface area contributed by atoms with Crippen molar-refractivity contribution < 1.29 is 23.5 Å². The summed E-state index contributed by atoms with van der Waals surface area (Å²) in [4.78, 5) is 40.3. The van der Waals surface area contributed by atoms with E-state index in [9.17, 15) is 18.8 Å². The molecule has 1 aromatic carbocycles. The number of nitrogens with zero attached hydrogens (tertiary/aromatic N) is 2. The smallest absolute Gasteiger partial charge is 0.354 e. The fourth-order valence-corrected chi connectivity index (χ4v) is 3.83. The molecule has 30 heavy (non-hydrogen) atoms. The number of ketones is 1. The second-order valence-electron chi connectivity index (χ2n) is 7.22. The number of Topliss-reactive ketones (excluding diaryl/α,β-unsaturated/α-hetero) is 1. The standard InChI is InChI=1S/C23H29FN2O4/c1-7-13-26(22(28)17-9-11-18(24)12-10-17)16(5)21(27)19-14(3)20(23(29)30-6)25(8-2)15(19)4/h9-12,16H,7-8,13H2,1-6H3. The third-order valence-electron chi connectivity index (χ3n) is 5.37. The van der Waals surface area contributed by atoms with Crippen LogP contribution in [0.3, 0.4) is 0 Å². The van der Waals surface area contributed by atoms with Gasteiger partial charge in [-0.2, -0.15) is 0 Å². The summed E-state index contributed by atoms with van der Waals surface area (Å²) in [6.07, 6.45) is 0.659. The summed E-state index contributed by atoms with van der Waals surface area (Å²) in [6.45, 7) is 9.87. The molecule has 0 radical (unpaired) electrons. The minimum atomic E-state index is -0.752. The number of aromatic nitrogens is 1. The lowest BCUT2D eigenvalue weighted by Gasteiger charge is -2.28. The van der Waals surface area contributed by atoms with Crippen molar-refractivity contribution in [2.24, 2.45) is 0 Å². The van der Waals surface area contributed by atoms with E-state index < -0.39 is 17.8 Å². The minimum Gasteiger partial charge on any atom is -0.464 e. The van der Waals surface area contributed by atoms with E-state index in [4.69, 9.17) is 4.74 Å². The van der Waals surface area contributed by atoms with Crippen LogP contribution in [-0.2, 0) is 11.3 Å². The molecular formula is C23H29FN2O4. The Kier molecular flexibility index (Phi) is 7.54. The van der Waals surface area contributed by atoms with Crippen molar-refractivity contribution in [1.82, 2.24) is 9.47 Å². The average molecular weight is 416 g/mol. The summed E-state index contributed by atoms with van der Waals surface area (Å²) < 4.78 is 19.9. The summed E-state index contributed by atoms with van der Waals surface area (Å²) in [6, 6.07) is 4.52. The molecule has 6 nitrogen and oxygen atoms in total. The molecule has 1 amide bonds. The number of carbonyl (C=O) groups excluding carboxylic acids is 3. The predicted octanol–water partition coefficient (Wildman–Crippen LogP) is 4.17. The molecular weight excluding hydrogens is 387 g/mol. The lowest BCUT2D eigenvalue weighted by molar-refractivity contribution is 0.0586. The van der Waals surface area contributed by atoms with Gasteiger partial charge in [0, 0.05) is 29.9 Å². The number of rotatable bonds is 8. The summed E-state index contributed by atoms with van der Waals surface area (Å²) >= 11 is 0. The summed E-state index contributed by atoms with van der Waals surface area (Å²) in [5.74, 6) is -1.51. The second kappa shape index (κ2) is 9.69. The van der Waals surface area contributed by atoms with Crippen LogP contribution < -0.4 is 0 Å². The first kappa shape index (κ1) is 23.3. The number of ether oxygens (including phenoxy) is 1. The topological polar surface area (TPSA) is 68.6 Å². The molecule has 1 unspecified atom stereocenters. The van der Waals surface area contributed by atoms with Crippen molar-refractivity contribution in [3.05, 3.63) is 58.2 Å². The number of amides is 1. The predicted molar refractivity (Wildman–Crippen MR) is 112 cm³/mol. The molecule has 1 heterocycles. The molecule has 0 N–H and O–H groups in total. The van der Waals surface area contributed by atoms with Gasteiger partial charge in [-0.1, -0.05) is 6.92 Å². The van der Waals surface area contributed by atoms with E-state index in [1.165, 1.54) is 36.3 Å². The van der Waals surface area contributed by atoms with Gasteiger partial charge in [0.1, 0.15) is 11.5 Å². The van der Waals surface area contributed by atoms with Gasteiger partial charge in [0.05, 0.1) is 13.2 Å². The Bertz CT molecular complexity index is 947. The maximum atomic E-state index is 13.5. The molecule has 0 aliphatic rings. The highest BCUT2D eigenvalue weighted by Gasteiger charge is 2.32. The maximum Gasteiger partial charge on any atom is 0.354 e. The van der Waals surface area contributed by atoms with Crippen molar-refractivity contribution in [2.75, 3.05) is 13.7 Å². The lowest BCUT2D eigenvalue weighted by atomic mass is 9.99. The van der Waals surface area contributed by atoms with Crippen LogP contribution in [0.15, 0.2) is 24.3 Å². The molecule has 0 bridgehead atoms. The zero-order chi connectivity index (χ0) is 22.6. The van der Waals surface area contributed by atoms with Crippen LogP contribution in [0.2, 0.25) is 0 Å². The van der Waals surface area contributed by atoms with E-state index in [0.717, 1.165) is 0 Å². The van der Waals surface area contributed by atoms with E-state index in [1.54, 1.807) is 25.3 Å². The minimum absolute atomic E-state index is 0.244. The Morgan fingerprint density at radius 2 is 1.73 bits per heavy atom. The van der Waals surface area contributed by atoms with Crippen molar-refractivity contribution >= 4 is 17.7 Å². The van der Waals surface area contributed by atoms with Crippen molar-refractivity contribution in [1.29, 1.82) is 0 Å². The largest absolute Gasteiger partial charge is 0.464 e. The Hall–Kier alpha value is -2.96. The number of carbonyl (C=O) groups is 3. The fraction of sp³-hybridized carbons (Fsp3) is 0.435. The Labute approximate surface area is 176 Å². The molecule has 0 aliphatic heterocycles. The van der Waals surface area contributed by atoms with Crippen molar-refractivity contribution in [2.45, 2.75) is 53.6 Å². The quantitative estimate of drug-likeness (QED) is 0.478. The van der Waals surface area contributed by atoms with Gasteiger partial charge >= 0.3 is 5.97 Å². The van der Waals surface area contributed by atoms with Gasteiger partial charge in [0.15, 0.2) is 5.78 Å². The van der Waals surface area contributed by atoms with E-state index in [0.29, 0.717) is 47.6 Å². The Morgan fingerprint density at radius 3 is 2.23 bits per heavy atom. The van der Waals surface area contributed by atoms with Gasteiger partial charge in [-0.25, -0.2) is 9.18 Å². The Morgan fingerprint density at radius 1 is 1.13 bits per heavy atom. The lowest BCUT2D eigenvalue weighted by Crippen LogP contribution is -2.44. The molecule has 2 rings (SSSR count). The van der Waals surface area contributed by atoms with E-state index in [2.05, 4.69) is 0 Å². The fourth-order valence-electron chi connectivity index (χ4n) is 3.83. The van der Waals surface area contributed by atoms with Crippen LogP contribution in [0, 0.1) is 19.7 Å². The molecule has 0 aliphatic carbocycles. The first-order valence-corrected chi connectivity index (χ1v) is 10.1. The monoisotopic (exact) mass is 416 g/mol. The Balaban J connectivity index is 2.47. The zero-order valence-electron chi connectivity index (χ0n) is 18.4. The van der Waals surface area contributed by atoms with Gasteiger partial charge in [0.2, 0.25) is 0 Å². The SMILES string of the molecule is CCCN(C(=O)c1ccc(F)cc1)C(C)C(=O)c1c(C)c(C(=O)OC)n(CC)c1C.